The zero-order valence-electron chi connectivity index (χ0n) is 13.9. The van der Waals surface area contributed by atoms with E-state index in [0.29, 0.717) is 29.8 Å². The van der Waals surface area contributed by atoms with Crippen LogP contribution in [0.15, 0.2) is 51.5 Å². The Hall–Kier alpha value is -3.13. The fraction of sp³-hybridized carbons (Fsp3) is 0.235. The maximum Gasteiger partial charge on any atom is 0.319 e. The van der Waals surface area contributed by atoms with Gasteiger partial charge in [0.15, 0.2) is 0 Å². The van der Waals surface area contributed by atoms with Crippen molar-refractivity contribution in [2.24, 2.45) is 0 Å². The zero-order valence-corrected chi connectivity index (χ0v) is 13.9. The molecule has 3 rings (SSSR count). The molecule has 8 nitrogen and oxygen atoms in total. The molecule has 0 radical (unpaired) electrons. The summed E-state index contributed by atoms with van der Waals surface area (Å²) in [5, 5.41) is 13.3. The van der Waals surface area contributed by atoms with Gasteiger partial charge in [0, 0.05) is 25.3 Å². The third kappa shape index (κ3) is 4.24. The predicted octanol–water partition coefficient (Wildman–Crippen LogP) is 3.15. The highest BCUT2D eigenvalue weighted by atomic mass is 16.5. The standard InChI is InChI=1S/C17H18N4O4/c1-11-20-21-16(25-11)12-5-7-13(8-6-12)18-17(22)19-14(10-23-2)15-4-3-9-24-15/h3-9,14H,10H2,1-2H3,(H2,18,19,22)/t14-/m1/s1. The number of nitrogens with zero attached hydrogens (tertiary/aromatic N) is 2. The number of amides is 2. The van der Waals surface area contributed by atoms with Gasteiger partial charge in [0.2, 0.25) is 11.8 Å². The van der Waals surface area contributed by atoms with Crippen LogP contribution < -0.4 is 10.6 Å². The lowest BCUT2D eigenvalue weighted by Gasteiger charge is -2.16. The molecule has 0 bridgehead atoms. The molecule has 0 aliphatic carbocycles. The normalized spacial score (nSPS) is 11.9. The number of aromatic nitrogens is 2. The van der Waals surface area contributed by atoms with Gasteiger partial charge in [-0.15, -0.1) is 10.2 Å². The molecule has 0 fully saturated rings. The molecular formula is C17H18N4O4. The number of anilines is 1. The number of carbonyl (C=O) groups is 1. The van der Waals surface area contributed by atoms with Crippen molar-refractivity contribution in [1.29, 1.82) is 0 Å². The van der Waals surface area contributed by atoms with Crippen LogP contribution in [0.2, 0.25) is 0 Å². The number of urea groups is 1. The number of nitrogens with one attached hydrogen (secondary N) is 2. The number of rotatable bonds is 6. The molecule has 2 amide bonds. The van der Waals surface area contributed by atoms with Crippen LogP contribution in [0.3, 0.4) is 0 Å². The second kappa shape index (κ2) is 7.63. The van der Waals surface area contributed by atoms with Crippen molar-refractivity contribution in [3.8, 4) is 11.5 Å². The molecule has 0 saturated heterocycles. The first-order chi connectivity index (χ1) is 12.2. The molecule has 1 aromatic carbocycles. The van der Waals surface area contributed by atoms with E-state index in [2.05, 4.69) is 20.8 Å². The number of furan rings is 1. The first-order valence-corrected chi connectivity index (χ1v) is 7.66. The van der Waals surface area contributed by atoms with Crippen LogP contribution in [0, 0.1) is 6.92 Å². The number of ether oxygens (including phenoxy) is 1. The second-order valence-corrected chi connectivity index (χ2v) is 5.33. The first kappa shape index (κ1) is 16.7. The largest absolute Gasteiger partial charge is 0.467 e. The van der Waals surface area contributed by atoms with Gasteiger partial charge in [-0.3, -0.25) is 0 Å². The zero-order chi connectivity index (χ0) is 17.6. The van der Waals surface area contributed by atoms with E-state index in [1.54, 1.807) is 56.7 Å². The summed E-state index contributed by atoms with van der Waals surface area (Å²) in [6.07, 6.45) is 1.55. The molecule has 0 aliphatic heterocycles. The molecule has 2 aromatic heterocycles. The Kier molecular flexibility index (Phi) is 5.10. The molecule has 0 unspecified atom stereocenters. The molecule has 8 heteroatoms. The second-order valence-electron chi connectivity index (χ2n) is 5.33. The SMILES string of the molecule is COC[C@@H](NC(=O)Nc1ccc(-c2nnc(C)o2)cc1)c1ccco1. The number of benzene rings is 1. The van der Waals surface area contributed by atoms with Crippen molar-refractivity contribution in [3.05, 3.63) is 54.3 Å². The Morgan fingerprint density at radius 1 is 1.24 bits per heavy atom. The van der Waals surface area contributed by atoms with Gasteiger partial charge >= 0.3 is 6.03 Å². The molecule has 2 N–H and O–H groups in total. The summed E-state index contributed by atoms with van der Waals surface area (Å²) < 4.78 is 15.8. The molecule has 2 heterocycles. The van der Waals surface area contributed by atoms with Crippen molar-refractivity contribution in [2.45, 2.75) is 13.0 Å². The summed E-state index contributed by atoms with van der Waals surface area (Å²) in [4.78, 5) is 12.2. The number of hydrogen-bond donors (Lipinski definition) is 2. The molecule has 25 heavy (non-hydrogen) atoms. The maximum absolute atomic E-state index is 12.2. The predicted molar refractivity (Wildman–Crippen MR) is 90.0 cm³/mol. The summed E-state index contributed by atoms with van der Waals surface area (Å²) in [5.41, 5.74) is 1.41. The van der Waals surface area contributed by atoms with Gasteiger partial charge in [0.25, 0.3) is 0 Å². The van der Waals surface area contributed by atoms with Crippen LogP contribution in [0.1, 0.15) is 17.7 Å². The first-order valence-electron chi connectivity index (χ1n) is 7.66. The number of carbonyl (C=O) groups excluding carboxylic acids is 1. The van der Waals surface area contributed by atoms with Gasteiger partial charge in [-0.1, -0.05) is 0 Å². The summed E-state index contributed by atoms with van der Waals surface area (Å²) in [6, 6.07) is 9.91. The fourth-order valence-corrected chi connectivity index (χ4v) is 2.29. The average Bonchev–Trinajstić information content (AvgIpc) is 3.27. The Labute approximate surface area is 144 Å². The third-order valence-corrected chi connectivity index (χ3v) is 3.44. The van der Waals surface area contributed by atoms with E-state index in [-0.39, 0.29) is 12.1 Å². The monoisotopic (exact) mass is 342 g/mol. The van der Waals surface area contributed by atoms with Crippen molar-refractivity contribution < 1.29 is 18.4 Å². The van der Waals surface area contributed by atoms with E-state index < -0.39 is 0 Å². The van der Waals surface area contributed by atoms with Crippen molar-refractivity contribution >= 4 is 11.7 Å². The van der Waals surface area contributed by atoms with E-state index in [1.165, 1.54) is 0 Å². The summed E-state index contributed by atoms with van der Waals surface area (Å²) in [6.45, 7) is 2.03. The van der Waals surface area contributed by atoms with Gasteiger partial charge in [0.1, 0.15) is 11.8 Å². The summed E-state index contributed by atoms with van der Waals surface area (Å²) in [7, 11) is 1.56. The highest BCUT2D eigenvalue weighted by molar-refractivity contribution is 5.89. The Bertz CT molecular complexity index is 812. The fourth-order valence-electron chi connectivity index (χ4n) is 2.29. The minimum atomic E-state index is -0.374. The van der Waals surface area contributed by atoms with Crippen molar-refractivity contribution in [2.75, 3.05) is 19.0 Å². The number of aryl methyl sites for hydroxylation is 1. The van der Waals surface area contributed by atoms with E-state index in [4.69, 9.17) is 13.6 Å². The molecular weight excluding hydrogens is 324 g/mol. The van der Waals surface area contributed by atoms with Gasteiger partial charge in [-0.05, 0) is 36.4 Å². The van der Waals surface area contributed by atoms with Crippen LogP contribution in [0.5, 0.6) is 0 Å². The Morgan fingerprint density at radius 3 is 2.64 bits per heavy atom. The summed E-state index contributed by atoms with van der Waals surface area (Å²) in [5.74, 6) is 1.56. The van der Waals surface area contributed by atoms with E-state index in [9.17, 15) is 4.79 Å². The summed E-state index contributed by atoms with van der Waals surface area (Å²) >= 11 is 0. The molecule has 130 valence electrons. The molecule has 3 aromatic rings. The molecule has 1 atom stereocenters. The highest BCUT2D eigenvalue weighted by Gasteiger charge is 2.17. The van der Waals surface area contributed by atoms with Crippen LogP contribution in [-0.2, 0) is 4.74 Å². The van der Waals surface area contributed by atoms with Crippen LogP contribution >= 0.6 is 0 Å². The van der Waals surface area contributed by atoms with Crippen LogP contribution in [0.25, 0.3) is 11.5 Å². The van der Waals surface area contributed by atoms with E-state index in [1.807, 2.05) is 0 Å². The minimum Gasteiger partial charge on any atom is -0.467 e. The third-order valence-electron chi connectivity index (χ3n) is 3.44. The van der Waals surface area contributed by atoms with Crippen molar-refractivity contribution in [3.63, 3.8) is 0 Å². The van der Waals surface area contributed by atoms with E-state index >= 15 is 0 Å². The smallest absolute Gasteiger partial charge is 0.319 e. The highest BCUT2D eigenvalue weighted by Crippen LogP contribution is 2.20. The Balaban J connectivity index is 1.62. The van der Waals surface area contributed by atoms with Gasteiger partial charge in [-0.25, -0.2) is 4.79 Å². The van der Waals surface area contributed by atoms with Gasteiger partial charge in [0.05, 0.1) is 12.9 Å². The lowest BCUT2D eigenvalue weighted by molar-refractivity contribution is 0.159. The number of methoxy groups -OCH3 is 1. The van der Waals surface area contributed by atoms with Crippen molar-refractivity contribution in [1.82, 2.24) is 15.5 Å². The minimum absolute atomic E-state index is 0.302. The van der Waals surface area contributed by atoms with Crippen LogP contribution in [-0.4, -0.2) is 29.9 Å². The number of hydrogen-bond acceptors (Lipinski definition) is 6. The lowest BCUT2D eigenvalue weighted by Crippen LogP contribution is -2.34. The molecule has 0 aliphatic rings. The molecule has 0 spiro atoms. The quantitative estimate of drug-likeness (QED) is 0.713. The maximum atomic E-state index is 12.2. The van der Waals surface area contributed by atoms with Crippen LogP contribution in [0.4, 0.5) is 10.5 Å². The van der Waals surface area contributed by atoms with Gasteiger partial charge < -0.3 is 24.2 Å². The lowest BCUT2D eigenvalue weighted by atomic mass is 10.2. The average molecular weight is 342 g/mol. The van der Waals surface area contributed by atoms with Gasteiger partial charge in [-0.2, -0.15) is 0 Å². The Morgan fingerprint density at radius 2 is 2.04 bits per heavy atom. The molecule has 0 saturated carbocycles. The topological polar surface area (TPSA) is 102 Å². The van der Waals surface area contributed by atoms with E-state index in [0.717, 1.165) is 5.56 Å².